The molecule has 2 fully saturated rings. The minimum Gasteiger partial charge on any atom is -0.484 e. The summed E-state index contributed by atoms with van der Waals surface area (Å²) in [5.41, 5.74) is 0.500. The number of hydrogen-bond acceptors (Lipinski definition) is 5. The Morgan fingerprint density at radius 3 is 2.62 bits per heavy atom. The van der Waals surface area contributed by atoms with Crippen molar-refractivity contribution in [1.82, 2.24) is 10.2 Å². The molecule has 1 atom stereocenters. The van der Waals surface area contributed by atoms with Crippen LogP contribution >= 0.6 is 0 Å². The van der Waals surface area contributed by atoms with Gasteiger partial charge in [-0.15, -0.1) is 0 Å². The van der Waals surface area contributed by atoms with Crippen LogP contribution in [0, 0.1) is 0 Å². The second-order valence-corrected chi connectivity index (χ2v) is 6.04. The van der Waals surface area contributed by atoms with Crippen molar-refractivity contribution in [2.75, 3.05) is 6.61 Å². The molecule has 1 aliphatic heterocycles. The fourth-order valence-corrected chi connectivity index (χ4v) is 2.77. The summed E-state index contributed by atoms with van der Waals surface area (Å²) in [6, 6.07) is 5.83. The van der Waals surface area contributed by atoms with Crippen LogP contribution < -0.4 is 10.1 Å². The Morgan fingerprint density at radius 1 is 1.29 bits per heavy atom. The highest BCUT2D eigenvalue weighted by Gasteiger charge is 2.44. The van der Waals surface area contributed by atoms with Crippen LogP contribution in [0.5, 0.6) is 5.75 Å². The standard InChI is InChI=1S/C17H18N2O5/c1-10(20)11-3-2-4-13(7-11)24-9-16(22)19(12-5-6-12)14-8-15(21)18-17(14)23/h2-4,7,12,14H,5-6,8-9H2,1H3,(H,18,21,23)/t14-/m1/s1. The zero-order valence-electron chi connectivity index (χ0n) is 13.3. The van der Waals surface area contributed by atoms with Gasteiger partial charge in [0.1, 0.15) is 11.8 Å². The zero-order valence-corrected chi connectivity index (χ0v) is 13.3. The topological polar surface area (TPSA) is 92.8 Å². The Hall–Kier alpha value is -2.70. The second kappa shape index (κ2) is 6.43. The van der Waals surface area contributed by atoms with Gasteiger partial charge in [0.15, 0.2) is 12.4 Å². The van der Waals surface area contributed by atoms with Crippen molar-refractivity contribution in [2.45, 2.75) is 38.3 Å². The number of ketones is 1. The normalized spacial score (nSPS) is 19.8. The van der Waals surface area contributed by atoms with E-state index in [2.05, 4.69) is 5.32 Å². The first-order chi connectivity index (χ1) is 11.5. The lowest BCUT2D eigenvalue weighted by Gasteiger charge is -2.26. The molecule has 1 aromatic carbocycles. The summed E-state index contributed by atoms with van der Waals surface area (Å²) in [5, 5.41) is 2.23. The second-order valence-electron chi connectivity index (χ2n) is 6.04. The molecule has 1 aliphatic carbocycles. The van der Waals surface area contributed by atoms with Crippen molar-refractivity contribution in [2.24, 2.45) is 0 Å². The van der Waals surface area contributed by atoms with Gasteiger partial charge in [-0.3, -0.25) is 24.5 Å². The van der Waals surface area contributed by atoms with Gasteiger partial charge in [0.05, 0.1) is 6.42 Å². The van der Waals surface area contributed by atoms with E-state index >= 15 is 0 Å². The van der Waals surface area contributed by atoms with Gasteiger partial charge in [0.2, 0.25) is 11.8 Å². The lowest BCUT2D eigenvalue weighted by atomic mass is 10.1. The van der Waals surface area contributed by atoms with E-state index in [0.717, 1.165) is 12.8 Å². The molecule has 0 aromatic heterocycles. The molecule has 1 saturated carbocycles. The smallest absolute Gasteiger partial charge is 0.261 e. The Morgan fingerprint density at radius 2 is 2.04 bits per heavy atom. The average Bonchev–Trinajstić information content (AvgIpc) is 3.31. The van der Waals surface area contributed by atoms with Crippen LogP contribution in [-0.4, -0.2) is 47.1 Å². The average molecular weight is 330 g/mol. The Balaban J connectivity index is 1.66. The highest BCUT2D eigenvalue weighted by atomic mass is 16.5. The molecule has 0 radical (unpaired) electrons. The maximum Gasteiger partial charge on any atom is 0.261 e. The van der Waals surface area contributed by atoms with Gasteiger partial charge in [0.25, 0.3) is 5.91 Å². The third kappa shape index (κ3) is 3.45. The van der Waals surface area contributed by atoms with Gasteiger partial charge in [-0.2, -0.15) is 0 Å². The first-order valence-electron chi connectivity index (χ1n) is 7.84. The molecule has 24 heavy (non-hydrogen) atoms. The number of nitrogens with zero attached hydrogens (tertiary/aromatic N) is 1. The number of benzene rings is 1. The van der Waals surface area contributed by atoms with Gasteiger partial charge in [-0.25, -0.2) is 0 Å². The molecule has 0 bridgehead atoms. The van der Waals surface area contributed by atoms with E-state index in [9.17, 15) is 19.2 Å². The van der Waals surface area contributed by atoms with Crippen LogP contribution in [0.4, 0.5) is 0 Å². The van der Waals surface area contributed by atoms with E-state index < -0.39 is 11.9 Å². The van der Waals surface area contributed by atoms with Gasteiger partial charge in [-0.05, 0) is 31.9 Å². The van der Waals surface area contributed by atoms with Crippen molar-refractivity contribution < 1.29 is 23.9 Å². The summed E-state index contributed by atoms with van der Waals surface area (Å²) < 4.78 is 5.48. The number of rotatable bonds is 6. The van der Waals surface area contributed by atoms with Crippen molar-refractivity contribution in [1.29, 1.82) is 0 Å². The molecule has 1 saturated heterocycles. The third-order valence-electron chi connectivity index (χ3n) is 4.11. The molecule has 1 heterocycles. The Labute approximate surface area is 139 Å². The molecule has 1 aromatic rings. The molecule has 0 unspecified atom stereocenters. The lowest BCUT2D eigenvalue weighted by Crippen LogP contribution is -2.47. The largest absolute Gasteiger partial charge is 0.484 e. The van der Waals surface area contributed by atoms with Crippen LogP contribution in [0.1, 0.15) is 36.5 Å². The minimum absolute atomic E-state index is 0.000888. The third-order valence-corrected chi connectivity index (χ3v) is 4.11. The van der Waals surface area contributed by atoms with E-state index in [1.165, 1.54) is 11.8 Å². The van der Waals surface area contributed by atoms with E-state index in [-0.39, 0.29) is 36.7 Å². The number of amides is 3. The number of Topliss-reactive ketones (excluding diaryl/α,β-unsaturated/α-hetero) is 1. The number of carbonyl (C=O) groups is 4. The number of ether oxygens (including phenoxy) is 1. The highest BCUT2D eigenvalue weighted by molar-refractivity contribution is 6.07. The maximum atomic E-state index is 12.5. The summed E-state index contributed by atoms with van der Waals surface area (Å²) >= 11 is 0. The molecule has 126 valence electrons. The summed E-state index contributed by atoms with van der Waals surface area (Å²) in [6.07, 6.45) is 1.65. The van der Waals surface area contributed by atoms with Gasteiger partial charge < -0.3 is 9.64 Å². The van der Waals surface area contributed by atoms with Crippen molar-refractivity contribution >= 4 is 23.5 Å². The van der Waals surface area contributed by atoms with Gasteiger partial charge >= 0.3 is 0 Å². The van der Waals surface area contributed by atoms with Gasteiger partial charge in [0, 0.05) is 11.6 Å². The zero-order chi connectivity index (χ0) is 17.3. The van der Waals surface area contributed by atoms with E-state index in [1.807, 2.05) is 0 Å². The molecule has 3 rings (SSSR count). The van der Waals surface area contributed by atoms with E-state index in [4.69, 9.17) is 4.74 Å². The quantitative estimate of drug-likeness (QED) is 0.611. The van der Waals surface area contributed by atoms with Crippen molar-refractivity contribution in [3.63, 3.8) is 0 Å². The van der Waals surface area contributed by atoms with Crippen LogP contribution in [0.2, 0.25) is 0 Å². The molecule has 3 amide bonds. The SMILES string of the molecule is CC(=O)c1cccc(OCC(=O)N(C2CC2)[C@@H]2CC(=O)NC2=O)c1. The van der Waals surface area contributed by atoms with Crippen LogP contribution in [0.15, 0.2) is 24.3 Å². The Kier molecular flexibility index (Phi) is 4.33. The number of carbonyl (C=O) groups excluding carboxylic acids is 4. The number of nitrogens with one attached hydrogen (secondary N) is 1. The molecule has 7 nitrogen and oxygen atoms in total. The summed E-state index contributed by atoms with van der Waals surface area (Å²) in [6.45, 7) is 1.21. The molecular weight excluding hydrogens is 312 g/mol. The summed E-state index contributed by atoms with van der Waals surface area (Å²) in [7, 11) is 0. The van der Waals surface area contributed by atoms with Crippen molar-refractivity contribution in [3.05, 3.63) is 29.8 Å². The number of imide groups is 1. The predicted molar refractivity (Wildman–Crippen MR) is 83.4 cm³/mol. The fraction of sp³-hybridized carbons (Fsp3) is 0.412. The molecule has 7 heteroatoms. The first kappa shape index (κ1) is 16.2. The van der Waals surface area contributed by atoms with Crippen LogP contribution in [-0.2, 0) is 14.4 Å². The predicted octanol–water partition coefficient (Wildman–Crippen LogP) is 0.674. The maximum absolute atomic E-state index is 12.5. The summed E-state index contributed by atoms with van der Waals surface area (Å²) in [5.74, 6) is -0.802. The molecule has 0 spiro atoms. The van der Waals surface area contributed by atoms with E-state index in [1.54, 1.807) is 24.3 Å². The summed E-state index contributed by atoms with van der Waals surface area (Å²) in [4.78, 5) is 48.6. The monoisotopic (exact) mass is 330 g/mol. The number of hydrogen-bond donors (Lipinski definition) is 1. The van der Waals surface area contributed by atoms with Crippen LogP contribution in [0.25, 0.3) is 0 Å². The minimum atomic E-state index is -0.746. The Bertz CT molecular complexity index is 711. The van der Waals surface area contributed by atoms with Crippen molar-refractivity contribution in [3.8, 4) is 5.75 Å². The fourth-order valence-electron chi connectivity index (χ4n) is 2.77. The molecular formula is C17H18N2O5. The van der Waals surface area contributed by atoms with E-state index in [0.29, 0.717) is 11.3 Å². The van der Waals surface area contributed by atoms with Crippen LogP contribution in [0.3, 0.4) is 0 Å². The lowest BCUT2D eigenvalue weighted by molar-refractivity contribution is -0.141. The van der Waals surface area contributed by atoms with Gasteiger partial charge in [-0.1, -0.05) is 12.1 Å². The molecule has 2 aliphatic rings. The molecule has 1 N–H and O–H groups in total. The first-order valence-corrected chi connectivity index (χ1v) is 7.84. The highest BCUT2D eigenvalue weighted by Crippen LogP contribution is 2.31.